The molecule has 2 aromatic rings. The van der Waals surface area contributed by atoms with E-state index in [4.69, 9.17) is 4.84 Å². The van der Waals surface area contributed by atoms with Crippen LogP contribution in [0.2, 0.25) is 0 Å². The van der Waals surface area contributed by atoms with Gasteiger partial charge in [-0.25, -0.2) is 0 Å². The summed E-state index contributed by atoms with van der Waals surface area (Å²) >= 11 is 0. The minimum Gasteiger partial charge on any atom is -0.392 e. The summed E-state index contributed by atoms with van der Waals surface area (Å²) < 4.78 is 41.7. The van der Waals surface area contributed by atoms with Crippen LogP contribution in [0.15, 0.2) is 46.6 Å². The molecule has 0 saturated carbocycles. The van der Waals surface area contributed by atoms with Crippen molar-refractivity contribution in [1.29, 1.82) is 0 Å². The van der Waals surface area contributed by atoms with E-state index in [0.29, 0.717) is 25.3 Å². The molecule has 0 unspecified atom stereocenters. The van der Waals surface area contributed by atoms with Crippen molar-refractivity contribution < 1.29 is 27.3 Å². The fraction of sp³-hybridized carbons (Fsp3) is 0.294. The number of amides is 1. The second-order valence-corrected chi connectivity index (χ2v) is 5.79. The van der Waals surface area contributed by atoms with Crippen molar-refractivity contribution >= 4 is 11.6 Å². The van der Waals surface area contributed by atoms with E-state index in [1.807, 2.05) is 0 Å². The van der Waals surface area contributed by atoms with Crippen LogP contribution < -0.4 is 0 Å². The van der Waals surface area contributed by atoms with Gasteiger partial charge in [0.25, 0.3) is 0 Å². The summed E-state index contributed by atoms with van der Waals surface area (Å²) in [4.78, 5) is 22.1. The lowest BCUT2D eigenvalue weighted by molar-refractivity contribution is -0.159. The first-order chi connectivity index (χ1) is 12.9. The maximum absolute atomic E-state index is 12.5. The molecule has 2 heterocycles. The number of carbonyl (C=O) groups is 1. The number of hydrogen-bond donors (Lipinski definition) is 0. The van der Waals surface area contributed by atoms with Crippen molar-refractivity contribution in [2.24, 2.45) is 5.16 Å². The van der Waals surface area contributed by atoms with E-state index in [0.717, 1.165) is 11.3 Å². The molecule has 0 radical (unpaired) electrons. The number of nitrogens with zero attached hydrogens (tertiary/aromatic N) is 4. The number of aromatic nitrogens is 2. The molecule has 1 aliphatic rings. The van der Waals surface area contributed by atoms with Gasteiger partial charge < -0.3 is 14.3 Å². The van der Waals surface area contributed by atoms with Gasteiger partial charge in [0.05, 0.1) is 25.2 Å². The number of benzene rings is 1. The molecule has 1 aliphatic heterocycles. The maximum atomic E-state index is 12.5. The lowest BCUT2D eigenvalue weighted by Gasteiger charge is -2.32. The van der Waals surface area contributed by atoms with E-state index in [9.17, 15) is 18.0 Å². The normalized spacial score (nSPS) is 13.9. The fourth-order valence-corrected chi connectivity index (χ4v) is 2.32. The monoisotopic (exact) mass is 380 g/mol. The lowest BCUT2D eigenvalue weighted by Crippen LogP contribution is -2.51. The lowest BCUT2D eigenvalue weighted by atomic mass is 10.1. The van der Waals surface area contributed by atoms with Crippen molar-refractivity contribution in [2.75, 3.05) is 19.7 Å². The molecular weight excluding hydrogens is 365 g/mol. The second kappa shape index (κ2) is 7.60. The zero-order valence-electron chi connectivity index (χ0n) is 14.1. The van der Waals surface area contributed by atoms with Crippen LogP contribution in [0, 0.1) is 0 Å². The summed E-state index contributed by atoms with van der Waals surface area (Å²) in [7, 11) is 0. The highest BCUT2D eigenvalue weighted by Gasteiger charge is 2.38. The Morgan fingerprint density at radius 3 is 2.63 bits per heavy atom. The van der Waals surface area contributed by atoms with Crippen LogP contribution in [-0.2, 0) is 22.2 Å². The average Bonchev–Trinajstić information content (AvgIpc) is 3.08. The number of halogens is 3. The topological polar surface area (TPSA) is 80.8 Å². The van der Waals surface area contributed by atoms with Gasteiger partial charge in [0.2, 0.25) is 11.7 Å². The average molecular weight is 380 g/mol. The van der Waals surface area contributed by atoms with Crippen LogP contribution in [0.5, 0.6) is 0 Å². The highest BCUT2D eigenvalue weighted by molar-refractivity contribution is 5.99. The number of alkyl halides is 3. The van der Waals surface area contributed by atoms with Gasteiger partial charge in [0, 0.05) is 5.56 Å². The van der Waals surface area contributed by atoms with E-state index >= 15 is 0 Å². The van der Waals surface area contributed by atoms with Gasteiger partial charge in [-0.05, 0) is 5.56 Å². The summed E-state index contributed by atoms with van der Waals surface area (Å²) in [5, 5.41) is 7.19. The zero-order valence-corrected chi connectivity index (χ0v) is 14.1. The molecule has 0 N–H and O–H groups in total. The molecule has 1 aromatic carbocycles. The first-order valence-corrected chi connectivity index (χ1v) is 7.93. The van der Waals surface area contributed by atoms with Crippen LogP contribution >= 0.6 is 0 Å². The number of likely N-dealkylation sites (tertiary alicyclic amines) is 1. The zero-order chi connectivity index (χ0) is 19.4. The third-order valence-electron chi connectivity index (χ3n) is 3.72. The van der Waals surface area contributed by atoms with Gasteiger partial charge in [-0.15, -0.1) is 0 Å². The van der Waals surface area contributed by atoms with Gasteiger partial charge in [-0.2, -0.15) is 18.2 Å². The Balaban J connectivity index is 1.55. The minimum absolute atomic E-state index is 0.0793. The Labute approximate surface area is 152 Å². The smallest absolute Gasteiger partial charge is 0.392 e. The summed E-state index contributed by atoms with van der Waals surface area (Å²) in [6.45, 7) is 4.65. The van der Waals surface area contributed by atoms with Crippen molar-refractivity contribution in [3.05, 3.63) is 48.4 Å². The number of oxime groups is 1. The fourth-order valence-electron chi connectivity index (χ4n) is 2.32. The molecule has 0 spiro atoms. The molecule has 1 aromatic heterocycles. The molecule has 0 bridgehead atoms. The van der Waals surface area contributed by atoms with Crippen molar-refractivity contribution in [2.45, 2.75) is 12.6 Å². The molecule has 0 aliphatic carbocycles. The molecule has 1 amide bonds. The standard InChI is InChI=1S/C17H15F3N4O3/c1-2-7-26-22-13-9-24(10-13)14(25)8-11-3-5-12(6-4-11)15-21-16(27-23-15)17(18,19)20/h2-6H,1,7-10H2. The molecule has 1 saturated heterocycles. The number of carbonyl (C=O) groups excluding carboxylic acids is 1. The molecule has 0 atom stereocenters. The van der Waals surface area contributed by atoms with Gasteiger partial charge in [-0.1, -0.05) is 47.2 Å². The molecular formula is C17H15F3N4O3. The van der Waals surface area contributed by atoms with Crippen LogP contribution in [-0.4, -0.2) is 46.4 Å². The van der Waals surface area contributed by atoms with Gasteiger partial charge >= 0.3 is 12.1 Å². The molecule has 142 valence electrons. The van der Waals surface area contributed by atoms with Crippen LogP contribution in [0.4, 0.5) is 13.2 Å². The van der Waals surface area contributed by atoms with E-state index in [1.165, 1.54) is 0 Å². The van der Waals surface area contributed by atoms with Crippen molar-refractivity contribution in [3.63, 3.8) is 0 Å². The number of rotatable bonds is 6. The molecule has 3 rings (SSSR count). The van der Waals surface area contributed by atoms with Crippen LogP contribution in [0.25, 0.3) is 11.4 Å². The van der Waals surface area contributed by atoms with E-state index in [1.54, 1.807) is 35.2 Å². The van der Waals surface area contributed by atoms with Crippen LogP contribution in [0.3, 0.4) is 0 Å². The summed E-state index contributed by atoms with van der Waals surface area (Å²) in [5.41, 5.74) is 1.86. The first kappa shape index (κ1) is 18.6. The van der Waals surface area contributed by atoms with Crippen molar-refractivity contribution in [3.8, 4) is 11.4 Å². The quantitative estimate of drug-likeness (QED) is 0.437. The van der Waals surface area contributed by atoms with Gasteiger partial charge in [0.15, 0.2) is 0 Å². The Morgan fingerprint density at radius 2 is 2.04 bits per heavy atom. The Morgan fingerprint density at radius 1 is 1.33 bits per heavy atom. The second-order valence-electron chi connectivity index (χ2n) is 5.79. The molecule has 7 nitrogen and oxygen atoms in total. The predicted molar refractivity (Wildman–Crippen MR) is 88.6 cm³/mol. The Hall–Kier alpha value is -3.17. The number of hydrogen-bond acceptors (Lipinski definition) is 6. The summed E-state index contributed by atoms with van der Waals surface area (Å²) in [6.07, 6.45) is -2.94. The summed E-state index contributed by atoms with van der Waals surface area (Å²) in [6, 6.07) is 6.36. The SMILES string of the molecule is C=CCON=C1CN(C(=O)Cc2ccc(-c3noc(C(F)(F)F)n3)cc2)C1. The van der Waals surface area contributed by atoms with E-state index < -0.39 is 12.1 Å². The largest absolute Gasteiger partial charge is 0.471 e. The Kier molecular flexibility index (Phi) is 5.24. The molecule has 1 fully saturated rings. The maximum Gasteiger partial charge on any atom is 0.471 e. The Bertz CT molecular complexity index is 851. The van der Waals surface area contributed by atoms with Crippen LogP contribution in [0.1, 0.15) is 11.5 Å². The van der Waals surface area contributed by atoms with Gasteiger partial charge in [-0.3, -0.25) is 4.79 Å². The minimum atomic E-state index is -4.69. The molecule has 10 heteroatoms. The first-order valence-electron chi connectivity index (χ1n) is 7.93. The van der Waals surface area contributed by atoms with Crippen molar-refractivity contribution in [1.82, 2.24) is 15.0 Å². The third kappa shape index (κ3) is 4.52. The van der Waals surface area contributed by atoms with E-state index in [-0.39, 0.29) is 18.2 Å². The third-order valence-corrected chi connectivity index (χ3v) is 3.72. The summed E-state index contributed by atoms with van der Waals surface area (Å²) in [5.74, 6) is -1.64. The highest BCUT2D eigenvalue weighted by atomic mass is 19.4. The van der Waals surface area contributed by atoms with Gasteiger partial charge in [0.1, 0.15) is 6.61 Å². The molecule has 27 heavy (non-hydrogen) atoms. The van der Waals surface area contributed by atoms with E-state index in [2.05, 4.69) is 26.4 Å². The predicted octanol–water partition coefficient (Wildman–Crippen LogP) is 2.70. The highest BCUT2D eigenvalue weighted by Crippen LogP contribution is 2.29.